The molecular formula is C20H20F2N4O4S2. The van der Waals surface area contributed by atoms with Gasteiger partial charge < -0.3 is 19.4 Å². The minimum atomic E-state index is -2.90. The molecule has 0 saturated carbocycles. The molecule has 3 aromatic rings. The lowest BCUT2D eigenvalue weighted by atomic mass is 10.2. The summed E-state index contributed by atoms with van der Waals surface area (Å²) in [6.45, 7) is -0.338. The molecule has 0 aliphatic rings. The number of alkyl halides is 2. The van der Waals surface area contributed by atoms with Crippen LogP contribution in [-0.4, -0.2) is 52.4 Å². The average molecular weight is 483 g/mol. The number of aromatic nitrogens is 2. The number of carbonyl (C=O) groups excluding carboxylic acids is 2. The molecule has 0 unspecified atom stereocenters. The number of hydrogen-bond acceptors (Lipinski definition) is 8. The molecule has 0 spiro atoms. The van der Waals surface area contributed by atoms with Gasteiger partial charge >= 0.3 is 6.61 Å². The summed E-state index contributed by atoms with van der Waals surface area (Å²) in [7, 11) is 0. The minimum Gasteiger partial charge on any atom is -0.435 e. The molecule has 2 aromatic heterocycles. The van der Waals surface area contributed by atoms with Crippen LogP contribution in [0.25, 0.3) is 11.5 Å². The fourth-order valence-electron chi connectivity index (χ4n) is 2.58. The second-order valence-electron chi connectivity index (χ2n) is 6.33. The van der Waals surface area contributed by atoms with Crippen LogP contribution in [0, 0.1) is 0 Å². The Morgan fingerprint density at radius 3 is 2.69 bits per heavy atom. The van der Waals surface area contributed by atoms with Gasteiger partial charge in [-0.05, 0) is 42.6 Å². The summed E-state index contributed by atoms with van der Waals surface area (Å²) in [5, 5.41) is 12.7. The Labute approximate surface area is 191 Å². The van der Waals surface area contributed by atoms with Crippen LogP contribution in [0.5, 0.6) is 5.75 Å². The van der Waals surface area contributed by atoms with E-state index in [9.17, 15) is 18.4 Å². The zero-order valence-electron chi connectivity index (χ0n) is 17.0. The Balaban J connectivity index is 1.48. The van der Waals surface area contributed by atoms with Crippen molar-refractivity contribution in [2.75, 3.05) is 18.8 Å². The highest BCUT2D eigenvalue weighted by molar-refractivity contribution is 7.99. The predicted molar refractivity (Wildman–Crippen MR) is 116 cm³/mol. The summed E-state index contributed by atoms with van der Waals surface area (Å²) < 4.78 is 34.3. The highest BCUT2D eigenvalue weighted by Crippen LogP contribution is 2.25. The van der Waals surface area contributed by atoms with Crippen molar-refractivity contribution < 1.29 is 27.5 Å². The van der Waals surface area contributed by atoms with Crippen LogP contribution in [0.15, 0.2) is 51.4 Å². The molecule has 0 radical (unpaired) electrons. The Bertz CT molecular complexity index is 1010. The number of halogens is 2. The lowest BCUT2D eigenvalue weighted by Crippen LogP contribution is -2.41. The summed E-state index contributed by atoms with van der Waals surface area (Å²) >= 11 is 2.60. The highest BCUT2D eigenvalue weighted by atomic mass is 32.2. The first-order valence-electron chi connectivity index (χ1n) is 9.53. The standard InChI is InChI=1S/C20H20F2N4O4S2/c1-2-26(11-16(27)23-10-15-4-3-9-31-15)17(28)12-32-20-25-24-18(30-20)13-5-7-14(8-6-13)29-19(21)22/h3-9,19H,2,10-12H2,1H3,(H,23,27). The van der Waals surface area contributed by atoms with Crippen LogP contribution in [0.3, 0.4) is 0 Å². The van der Waals surface area contributed by atoms with E-state index in [2.05, 4.69) is 20.3 Å². The van der Waals surface area contributed by atoms with Gasteiger partial charge in [0.25, 0.3) is 5.22 Å². The van der Waals surface area contributed by atoms with Gasteiger partial charge in [0, 0.05) is 17.0 Å². The van der Waals surface area contributed by atoms with Crippen molar-refractivity contribution in [3.8, 4) is 17.2 Å². The van der Waals surface area contributed by atoms with E-state index in [0.29, 0.717) is 18.7 Å². The van der Waals surface area contributed by atoms with Crippen molar-refractivity contribution >= 4 is 34.9 Å². The molecule has 32 heavy (non-hydrogen) atoms. The van der Waals surface area contributed by atoms with Crippen LogP contribution >= 0.6 is 23.1 Å². The van der Waals surface area contributed by atoms with Crippen molar-refractivity contribution in [1.29, 1.82) is 0 Å². The number of nitrogens with one attached hydrogen (secondary N) is 1. The molecule has 0 bridgehead atoms. The number of carbonyl (C=O) groups is 2. The van der Waals surface area contributed by atoms with Gasteiger partial charge in [0.1, 0.15) is 5.75 Å². The molecule has 2 heterocycles. The van der Waals surface area contributed by atoms with Gasteiger partial charge in [0.15, 0.2) is 0 Å². The van der Waals surface area contributed by atoms with Gasteiger partial charge in [-0.3, -0.25) is 9.59 Å². The molecule has 0 aliphatic heterocycles. The fraction of sp³-hybridized carbons (Fsp3) is 0.300. The molecule has 1 N–H and O–H groups in total. The van der Waals surface area contributed by atoms with Crippen LogP contribution in [-0.2, 0) is 16.1 Å². The quantitative estimate of drug-likeness (QED) is 0.417. The Hall–Kier alpha value is -2.99. The summed E-state index contributed by atoms with van der Waals surface area (Å²) in [5.41, 5.74) is 0.523. The molecule has 12 heteroatoms. The number of thioether (sulfide) groups is 1. The highest BCUT2D eigenvalue weighted by Gasteiger charge is 2.18. The maximum absolute atomic E-state index is 12.5. The number of hydrogen-bond donors (Lipinski definition) is 1. The number of ether oxygens (including phenoxy) is 1. The number of nitrogens with zero attached hydrogens (tertiary/aromatic N) is 3. The molecule has 0 fully saturated rings. The van der Waals surface area contributed by atoms with Gasteiger partial charge in [0.2, 0.25) is 17.7 Å². The maximum atomic E-state index is 12.5. The predicted octanol–water partition coefficient (Wildman–Crippen LogP) is 3.66. The SMILES string of the molecule is CCN(CC(=O)NCc1cccs1)C(=O)CSc1nnc(-c2ccc(OC(F)F)cc2)o1. The first kappa shape index (κ1) is 23.7. The van der Waals surface area contributed by atoms with Crippen LogP contribution < -0.4 is 10.1 Å². The molecule has 2 amide bonds. The number of thiophene rings is 1. The summed E-state index contributed by atoms with van der Waals surface area (Å²) in [6, 6.07) is 9.59. The Kier molecular flexibility index (Phi) is 8.56. The largest absolute Gasteiger partial charge is 0.435 e. The average Bonchev–Trinajstić information content (AvgIpc) is 3.46. The third-order valence-electron chi connectivity index (χ3n) is 4.16. The molecule has 0 saturated heterocycles. The lowest BCUT2D eigenvalue weighted by Gasteiger charge is -2.19. The first-order chi connectivity index (χ1) is 15.4. The van der Waals surface area contributed by atoms with Crippen molar-refractivity contribution in [2.45, 2.75) is 25.3 Å². The van der Waals surface area contributed by atoms with Gasteiger partial charge in [-0.25, -0.2) is 0 Å². The molecule has 0 atom stereocenters. The number of likely N-dealkylation sites (N-methyl/N-ethyl adjacent to an activating group) is 1. The summed E-state index contributed by atoms with van der Waals surface area (Å²) in [6.07, 6.45) is 0. The number of benzene rings is 1. The minimum absolute atomic E-state index is 0.0162. The lowest BCUT2D eigenvalue weighted by molar-refractivity contribution is -0.133. The molecule has 1 aromatic carbocycles. The smallest absolute Gasteiger partial charge is 0.387 e. The van der Waals surface area contributed by atoms with E-state index in [1.54, 1.807) is 18.3 Å². The van der Waals surface area contributed by atoms with E-state index in [4.69, 9.17) is 4.42 Å². The Morgan fingerprint density at radius 1 is 1.25 bits per heavy atom. The normalized spacial score (nSPS) is 10.9. The topological polar surface area (TPSA) is 97.6 Å². The monoisotopic (exact) mass is 482 g/mol. The zero-order chi connectivity index (χ0) is 22.9. The van der Waals surface area contributed by atoms with E-state index >= 15 is 0 Å². The summed E-state index contributed by atoms with van der Waals surface area (Å²) in [5.74, 6) is -0.254. The van der Waals surface area contributed by atoms with E-state index in [0.717, 1.165) is 16.6 Å². The van der Waals surface area contributed by atoms with E-state index in [1.807, 2.05) is 17.5 Å². The van der Waals surface area contributed by atoms with Crippen LogP contribution in [0.1, 0.15) is 11.8 Å². The van der Waals surface area contributed by atoms with Crippen LogP contribution in [0.4, 0.5) is 8.78 Å². The van der Waals surface area contributed by atoms with Crippen molar-refractivity contribution in [1.82, 2.24) is 20.4 Å². The van der Waals surface area contributed by atoms with Gasteiger partial charge in [-0.15, -0.1) is 21.5 Å². The Morgan fingerprint density at radius 2 is 2.03 bits per heavy atom. The van der Waals surface area contributed by atoms with E-state index in [-0.39, 0.29) is 41.0 Å². The van der Waals surface area contributed by atoms with E-state index in [1.165, 1.54) is 29.2 Å². The van der Waals surface area contributed by atoms with Gasteiger partial charge in [-0.2, -0.15) is 8.78 Å². The fourth-order valence-corrected chi connectivity index (χ4v) is 3.89. The third kappa shape index (κ3) is 7.02. The van der Waals surface area contributed by atoms with Crippen molar-refractivity contribution in [2.24, 2.45) is 0 Å². The molecule has 8 nitrogen and oxygen atoms in total. The van der Waals surface area contributed by atoms with Crippen LogP contribution in [0.2, 0.25) is 0 Å². The second kappa shape index (κ2) is 11.6. The zero-order valence-corrected chi connectivity index (χ0v) is 18.6. The second-order valence-corrected chi connectivity index (χ2v) is 8.29. The number of amides is 2. The third-order valence-corrected chi connectivity index (χ3v) is 5.84. The molecule has 0 aliphatic carbocycles. The van der Waals surface area contributed by atoms with Gasteiger partial charge in [-0.1, -0.05) is 17.8 Å². The molecular weight excluding hydrogens is 462 g/mol. The molecule has 3 rings (SSSR count). The van der Waals surface area contributed by atoms with Gasteiger partial charge in [0.05, 0.1) is 18.8 Å². The maximum Gasteiger partial charge on any atom is 0.387 e. The van der Waals surface area contributed by atoms with E-state index < -0.39 is 6.61 Å². The summed E-state index contributed by atoms with van der Waals surface area (Å²) in [4.78, 5) is 27.1. The first-order valence-corrected chi connectivity index (χ1v) is 11.4. The van der Waals surface area contributed by atoms with Crippen molar-refractivity contribution in [3.63, 3.8) is 0 Å². The number of rotatable bonds is 11. The molecule has 170 valence electrons. The van der Waals surface area contributed by atoms with Crippen molar-refractivity contribution in [3.05, 3.63) is 46.7 Å².